The Kier molecular flexibility index (Phi) is 3.92. The Balaban J connectivity index is 2.72. The molecule has 0 atom stereocenters. The highest BCUT2D eigenvalue weighted by Crippen LogP contribution is 2.11. The minimum Gasteiger partial charge on any atom is -0.398 e. The van der Waals surface area contributed by atoms with Gasteiger partial charge in [-0.3, -0.25) is 0 Å². The number of oxime groups is 1. The van der Waals surface area contributed by atoms with Crippen LogP contribution < -0.4 is 5.73 Å². The van der Waals surface area contributed by atoms with Crippen LogP contribution in [0.25, 0.3) is 0 Å². The molecule has 0 heterocycles. The van der Waals surface area contributed by atoms with Gasteiger partial charge in [-0.15, -0.1) is 0 Å². The van der Waals surface area contributed by atoms with Crippen LogP contribution in [0.4, 0.5) is 5.69 Å². The molecule has 0 saturated heterocycles. The molecular weight excluding hydrogens is 188 g/mol. The van der Waals surface area contributed by atoms with E-state index in [1.165, 1.54) is 0 Å². The van der Waals surface area contributed by atoms with Crippen molar-refractivity contribution in [2.24, 2.45) is 5.16 Å². The third kappa shape index (κ3) is 3.46. The van der Waals surface area contributed by atoms with Gasteiger partial charge in [0.2, 0.25) is 0 Å². The number of benzene rings is 1. The van der Waals surface area contributed by atoms with Gasteiger partial charge in [-0.1, -0.05) is 29.9 Å². The van der Waals surface area contributed by atoms with Gasteiger partial charge >= 0.3 is 0 Å². The molecule has 0 aromatic heterocycles. The average molecular weight is 204 g/mol. The first-order chi connectivity index (χ1) is 7.11. The van der Waals surface area contributed by atoms with Crippen molar-refractivity contribution in [3.63, 3.8) is 0 Å². The number of anilines is 1. The summed E-state index contributed by atoms with van der Waals surface area (Å²) in [5.74, 6) is 0. The van der Waals surface area contributed by atoms with Crippen LogP contribution in [0.5, 0.6) is 0 Å². The molecule has 1 aromatic rings. The van der Waals surface area contributed by atoms with Crippen LogP contribution in [0.15, 0.2) is 41.6 Å². The Morgan fingerprint density at radius 1 is 1.40 bits per heavy atom. The first-order valence-corrected chi connectivity index (χ1v) is 4.77. The molecule has 3 nitrogen and oxygen atoms in total. The molecule has 0 unspecified atom stereocenters. The minimum atomic E-state index is 0.435. The highest BCUT2D eigenvalue weighted by Gasteiger charge is 2.01. The zero-order chi connectivity index (χ0) is 11.3. The van der Waals surface area contributed by atoms with Crippen molar-refractivity contribution in [2.75, 3.05) is 12.3 Å². The predicted octanol–water partition coefficient (Wildman–Crippen LogP) is 2.59. The number of para-hydroxylation sites is 1. The minimum absolute atomic E-state index is 0.435. The summed E-state index contributed by atoms with van der Waals surface area (Å²) in [6.45, 7) is 7.91. The second-order valence-corrected chi connectivity index (χ2v) is 3.49. The van der Waals surface area contributed by atoms with Gasteiger partial charge in [-0.25, -0.2) is 0 Å². The number of rotatable bonds is 4. The topological polar surface area (TPSA) is 47.6 Å². The lowest BCUT2D eigenvalue weighted by Crippen LogP contribution is -2.02. The fraction of sp³-hybridized carbons (Fsp3) is 0.250. The lowest BCUT2D eigenvalue weighted by atomic mass is 10.1. The largest absolute Gasteiger partial charge is 0.398 e. The maximum atomic E-state index is 5.80. The van der Waals surface area contributed by atoms with Crippen molar-refractivity contribution in [1.82, 2.24) is 0 Å². The molecule has 0 radical (unpaired) electrons. The van der Waals surface area contributed by atoms with E-state index in [1.54, 1.807) is 0 Å². The molecule has 15 heavy (non-hydrogen) atoms. The molecule has 0 aliphatic rings. The number of nitrogen functional groups attached to an aromatic ring is 1. The maximum absolute atomic E-state index is 5.80. The first-order valence-electron chi connectivity index (χ1n) is 4.77. The van der Waals surface area contributed by atoms with Crippen LogP contribution in [0.2, 0.25) is 0 Å². The van der Waals surface area contributed by atoms with Crippen molar-refractivity contribution in [3.8, 4) is 0 Å². The van der Waals surface area contributed by atoms with E-state index in [0.29, 0.717) is 12.3 Å². The van der Waals surface area contributed by atoms with E-state index in [4.69, 9.17) is 10.6 Å². The standard InChI is InChI=1S/C12H16N2O/c1-9(2)8-15-14-10(3)11-6-4-5-7-12(11)13/h4-7H,1,8,13H2,2-3H3/b14-10+. The molecule has 0 saturated carbocycles. The average Bonchev–Trinajstić information content (AvgIpc) is 2.17. The predicted molar refractivity (Wildman–Crippen MR) is 63.8 cm³/mol. The Labute approximate surface area is 90.2 Å². The van der Waals surface area contributed by atoms with Crippen molar-refractivity contribution in [2.45, 2.75) is 13.8 Å². The van der Waals surface area contributed by atoms with E-state index >= 15 is 0 Å². The van der Waals surface area contributed by atoms with Crippen molar-refractivity contribution in [3.05, 3.63) is 42.0 Å². The van der Waals surface area contributed by atoms with E-state index in [0.717, 1.165) is 16.8 Å². The van der Waals surface area contributed by atoms with Gasteiger partial charge in [0.25, 0.3) is 0 Å². The molecule has 0 amide bonds. The Morgan fingerprint density at radius 3 is 2.67 bits per heavy atom. The van der Waals surface area contributed by atoms with Gasteiger partial charge in [0.1, 0.15) is 6.61 Å². The fourth-order valence-electron chi connectivity index (χ4n) is 1.11. The highest BCUT2D eigenvalue weighted by molar-refractivity contribution is 6.02. The van der Waals surface area contributed by atoms with Crippen molar-refractivity contribution < 1.29 is 4.84 Å². The molecular formula is C12H16N2O. The molecule has 2 N–H and O–H groups in total. The molecule has 0 aliphatic heterocycles. The summed E-state index contributed by atoms with van der Waals surface area (Å²) in [5, 5.41) is 3.97. The second-order valence-electron chi connectivity index (χ2n) is 3.49. The van der Waals surface area contributed by atoms with Crippen LogP contribution in [0.1, 0.15) is 19.4 Å². The van der Waals surface area contributed by atoms with Gasteiger partial charge < -0.3 is 10.6 Å². The van der Waals surface area contributed by atoms with Crippen LogP contribution >= 0.6 is 0 Å². The molecule has 0 bridgehead atoms. The number of hydrogen-bond donors (Lipinski definition) is 1. The monoisotopic (exact) mass is 204 g/mol. The van der Waals surface area contributed by atoms with Gasteiger partial charge in [0.15, 0.2) is 0 Å². The molecule has 1 aromatic carbocycles. The number of hydrogen-bond acceptors (Lipinski definition) is 3. The molecule has 1 rings (SSSR count). The molecule has 0 fully saturated rings. The molecule has 3 heteroatoms. The summed E-state index contributed by atoms with van der Waals surface area (Å²) >= 11 is 0. The summed E-state index contributed by atoms with van der Waals surface area (Å²) in [6, 6.07) is 7.57. The van der Waals surface area contributed by atoms with E-state index in [-0.39, 0.29) is 0 Å². The van der Waals surface area contributed by atoms with E-state index in [1.807, 2.05) is 38.1 Å². The number of nitrogens with two attached hydrogens (primary N) is 1. The van der Waals surface area contributed by atoms with Crippen molar-refractivity contribution >= 4 is 11.4 Å². The van der Waals surface area contributed by atoms with Crippen LogP contribution in [-0.4, -0.2) is 12.3 Å². The van der Waals surface area contributed by atoms with Gasteiger partial charge in [0, 0.05) is 11.3 Å². The van der Waals surface area contributed by atoms with Gasteiger partial charge in [-0.2, -0.15) is 0 Å². The zero-order valence-electron chi connectivity index (χ0n) is 9.16. The molecule has 80 valence electrons. The second kappa shape index (κ2) is 5.20. The third-order valence-corrected chi connectivity index (χ3v) is 1.86. The lowest BCUT2D eigenvalue weighted by Gasteiger charge is -2.04. The van der Waals surface area contributed by atoms with E-state index < -0.39 is 0 Å². The summed E-state index contributed by atoms with van der Waals surface area (Å²) in [5.41, 5.74) is 9.12. The summed E-state index contributed by atoms with van der Waals surface area (Å²) in [7, 11) is 0. The van der Waals surface area contributed by atoms with Gasteiger partial charge in [0.05, 0.1) is 5.71 Å². The molecule has 0 aliphatic carbocycles. The fourth-order valence-corrected chi connectivity index (χ4v) is 1.11. The van der Waals surface area contributed by atoms with E-state index in [9.17, 15) is 0 Å². The first kappa shape index (κ1) is 11.3. The van der Waals surface area contributed by atoms with Crippen LogP contribution in [0, 0.1) is 0 Å². The Morgan fingerprint density at radius 2 is 2.07 bits per heavy atom. The Hall–Kier alpha value is -1.77. The third-order valence-electron chi connectivity index (χ3n) is 1.86. The maximum Gasteiger partial charge on any atom is 0.137 e. The lowest BCUT2D eigenvalue weighted by molar-refractivity contribution is 0.168. The summed E-state index contributed by atoms with van der Waals surface area (Å²) < 4.78 is 0. The summed E-state index contributed by atoms with van der Waals surface area (Å²) in [6.07, 6.45) is 0. The number of nitrogens with zero attached hydrogens (tertiary/aromatic N) is 1. The smallest absolute Gasteiger partial charge is 0.137 e. The summed E-state index contributed by atoms with van der Waals surface area (Å²) in [4.78, 5) is 5.10. The van der Waals surface area contributed by atoms with Crippen LogP contribution in [-0.2, 0) is 4.84 Å². The van der Waals surface area contributed by atoms with Crippen LogP contribution in [0.3, 0.4) is 0 Å². The van der Waals surface area contributed by atoms with Gasteiger partial charge in [-0.05, 0) is 25.5 Å². The SMILES string of the molecule is C=C(C)CO/N=C(\C)c1ccccc1N. The zero-order valence-corrected chi connectivity index (χ0v) is 9.16. The normalized spacial score (nSPS) is 11.2. The van der Waals surface area contributed by atoms with E-state index in [2.05, 4.69) is 11.7 Å². The molecule has 0 spiro atoms. The quantitative estimate of drug-likeness (QED) is 0.354. The highest BCUT2D eigenvalue weighted by atomic mass is 16.6. The Bertz CT molecular complexity index is 383. The van der Waals surface area contributed by atoms with Crippen molar-refractivity contribution in [1.29, 1.82) is 0 Å².